The molecule has 0 aliphatic carbocycles. The molecule has 2 aromatic carbocycles. The Hall–Kier alpha value is -3.22. The summed E-state index contributed by atoms with van der Waals surface area (Å²) in [5, 5.41) is 11.5. The van der Waals surface area contributed by atoms with Gasteiger partial charge in [-0.15, -0.1) is 0 Å². The highest BCUT2D eigenvalue weighted by atomic mass is 16.6. The minimum atomic E-state index is -0.993. The number of carbonyl (C=O) groups is 2. The minimum Gasteiger partial charge on any atom is -0.451 e. The number of benzene rings is 2. The van der Waals surface area contributed by atoms with Crippen LogP contribution in [0, 0.1) is 17.0 Å². The Morgan fingerprint density at radius 3 is 2.29 bits per heavy atom. The molecule has 1 atom stereocenters. The number of carbonyl (C=O) groups excluding carboxylic acids is 2. The normalized spacial score (nSPS) is 14.6. The molecule has 3 rings (SSSR count). The van der Waals surface area contributed by atoms with Gasteiger partial charge in [0.25, 0.3) is 5.69 Å². The van der Waals surface area contributed by atoms with Gasteiger partial charge >= 0.3 is 5.97 Å². The predicted molar refractivity (Wildman–Crippen MR) is 105 cm³/mol. The summed E-state index contributed by atoms with van der Waals surface area (Å²) in [6.07, 6.45) is 0.978. The maximum atomic E-state index is 12.4. The van der Waals surface area contributed by atoms with Crippen molar-refractivity contribution in [3.63, 3.8) is 0 Å². The lowest BCUT2D eigenvalue weighted by Crippen LogP contribution is -2.24. The minimum absolute atomic E-state index is 0.0539. The number of hydrogen-bond donors (Lipinski definition) is 0. The van der Waals surface area contributed by atoms with Crippen LogP contribution in [0.4, 0.5) is 11.4 Å². The summed E-state index contributed by atoms with van der Waals surface area (Å²) in [6, 6.07) is 11.3. The lowest BCUT2D eigenvalue weighted by molar-refractivity contribution is -0.384. The predicted octanol–water partition coefficient (Wildman–Crippen LogP) is 3.93. The number of rotatable bonds is 6. The van der Waals surface area contributed by atoms with Crippen LogP contribution in [0.15, 0.2) is 42.5 Å². The highest BCUT2D eigenvalue weighted by molar-refractivity contribution is 6.01. The first-order valence-electron chi connectivity index (χ1n) is 9.22. The van der Waals surface area contributed by atoms with Crippen LogP contribution in [0.2, 0.25) is 0 Å². The van der Waals surface area contributed by atoms with Crippen LogP contribution in [0.1, 0.15) is 46.0 Å². The molecule has 0 amide bonds. The third-order valence-electron chi connectivity index (χ3n) is 4.84. The van der Waals surface area contributed by atoms with Crippen molar-refractivity contribution in [3.05, 3.63) is 69.3 Å². The molecule has 0 bridgehead atoms. The molecule has 0 saturated carbocycles. The van der Waals surface area contributed by atoms with Gasteiger partial charge in [0.1, 0.15) is 5.69 Å². The summed E-state index contributed by atoms with van der Waals surface area (Å²) in [5.41, 5.74) is 1.89. The largest absolute Gasteiger partial charge is 0.451 e. The second-order valence-corrected chi connectivity index (χ2v) is 6.93. The monoisotopic (exact) mass is 382 g/mol. The van der Waals surface area contributed by atoms with Crippen molar-refractivity contribution in [2.24, 2.45) is 0 Å². The zero-order chi connectivity index (χ0) is 20.3. The number of ketones is 1. The van der Waals surface area contributed by atoms with E-state index in [2.05, 4.69) is 0 Å². The van der Waals surface area contributed by atoms with Crippen molar-refractivity contribution in [2.75, 3.05) is 18.0 Å². The fourth-order valence-corrected chi connectivity index (χ4v) is 3.26. The third-order valence-corrected chi connectivity index (χ3v) is 4.84. The van der Waals surface area contributed by atoms with Gasteiger partial charge in [-0.3, -0.25) is 14.9 Å². The molecular weight excluding hydrogens is 360 g/mol. The van der Waals surface area contributed by atoms with Crippen molar-refractivity contribution >= 4 is 23.1 Å². The SMILES string of the molecule is Cc1ccc(C(=O)[C@H](C)OC(=O)c2ccc(N3CCCC3)c([N+](=O)[O-])c2)cc1. The van der Waals surface area contributed by atoms with Crippen LogP contribution in [-0.4, -0.2) is 35.9 Å². The summed E-state index contributed by atoms with van der Waals surface area (Å²) in [5.74, 6) is -1.08. The van der Waals surface area contributed by atoms with Gasteiger partial charge in [-0.1, -0.05) is 29.8 Å². The van der Waals surface area contributed by atoms with Gasteiger partial charge in [-0.05, 0) is 38.8 Å². The molecule has 0 unspecified atom stereocenters. The number of hydrogen-bond acceptors (Lipinski definition) is 6. The van der Waals surface area contributed by atoms with E-state index in [0.717, 1.165) is 31.5 Å². The second-order valence-electron chi connectivity index (χ2n) is 6.93. The average molecular weight is 382 g/mol. The Labute approximate surface area is 163 Å². The lowest BCUT2D eigenvalue weighted by atomic mass is 10.1. The smallest absolute Gasteiger partial charge is 0.339 e. The van der Waals surface area contributed by atoms with Gasteiger partial charge in [0.15, 0.2) is 6.10 Å². The number of anilines is 1. The molecule has 0 spiro atoms. The first-order chi connectivity index (χ1) is 13.4. The number of nitrogens with zero attached hydrogens (tertiary/aromatic N) is 2. The van der Waals surface area contributed by atoms with Crippen LogP contribution >= 0.6 is 0 Å². The first kappa shape index (κ1) is 19.5. The van der Waals surface area contributed by atoms with Crippen molar-refractivity contribution in [1.82, 2.24) is 0 Å². The third kappa shape index (κ3) is 4.19. The molecule has 1 saturated heterocycles. The van der Waals surface area contributed by atoms with E-state index in [1.54, 1.807) is 18.2 Å². The van der Waals surface area contributed by atoms with E-state index in [0.29, 0.717) is 11.3 Å². The quantitative estimate of drug-likeness (QED) is 0.325. The zero-order valence-corrected chi connectivity index (χ0v) is 15.9. The van der Waals surface area contributed by atoms with E-state index in [9.17, 15) is 19.7 Å². The number of aryl methyl sites for hydroxylation is 1. The van der Waals surface area contributed by atoms with Crippen molar-refractivity contribution in [3.8, 4) is 0 Å². The molecule has 7 nitrogen and oxygen atoms in total. The number of nitro groups is 1. The summed E-state index contributed by atoms with van der Waals surface area (Å²) in [6.45, 7) is 4.92. The lowest BCUT2D eigenvalue weighted by Gasteiger charge is -2.18. The first-order valence-corrected chi connectivity index (χ1v) is 9.22. The van der Waals surface area contributed by atoms with Crippen LogP contribution in [0.25, 0.3) is 0 Å². The Morgan fingerprint density at radius 2 is 1.68 bits per heavy atom. The molecule has 0 N–H and O–H groups in total. The van der Waals surface area contributed by atoms with Gasteiger partial charge in [-0.25, -0.2) is 4.79 Å². The maximum Gasteiger partial charge on any atom is 0.339 e. The van der Waals surface area contributed by atoms with Gasteiger partial charge in [0.2, 0.25) is 5.78 Å². The van der Waals surface area contributed by atoms with Crippen LogP contribution in [-0.2, 0) is 4.74 Å². The van der Waals surface area contributed by atoms with Crippen LogP contribution in [0.5, 0.6) is 0 Å². The standard InChI is InChI=1S/C21H22N2O5/c1-14-5-7-16(8-6-14)20(24)15(2)28-21(25)17-9-10-18(19(13-17)23(26)27)22-11-3-4-12-22/h5-10,13,15H,3-4,11-12H2,1-2H3/t15-/m0/s1. The molecule has 0 radical (unpaired) electrons. The summed E-state index contributed by atoms with van der Waals surface area (Å²) in [4.78, 5) is 37.8. The van der Waals surface area contributed by atoms with Gasteiger partial charge in [0.05, 0.1) is 10.5 Å². The Morgan fingerprint density at radius 1 is 1.07 bits per heavy atom. The molecule has 146 valence electrons. The van der Waals surface area contributed by atoms with Crippen LogP contribution in [0.3, 0.4) is 0 Å². The Bertz CT molecular complexity index is 902. The summed E-state index contributed by atoms with van der Waals surface area (Å²) in [7, 11) is 0. The fraction of sp³-hybridized carbons (Fsp3) is 0.333. The van der Waals surface area contributed by atoms with Gasteiger partial charge in [-0.2, -0.15) is 0 Å². The molecule has 7 heteroatoms. The van der Waals surface area contributed by atoms with Crippen molar-refractivity contribution in [2.45, 2.75) is 32.8 Å². The highest BCUT2D eigenvalue weighted by Crippen LogP contribution is 2.32. The van der Waals surface area contributed by atoms with E-state index >= 15 is 0 Å². The summed E-state index contributed by atoms with van der Waals surface area (Å²) >= 11 is 0. The molecule has 1 heterocycles. The highest BCUT2D eigenvalue weighted by Gasteiger charge is 2.26. The number of esters is 1. The molecule has 0 aromatic heterocycles. The Balaban J connectivity index is 1.76. The molecule has 2 aromatic rings. The number of nitro benzene ring substituents is 1. The van der Waals surface area contributed by atoms with Crippen molar-refractivity contribution < 1.29 is 19.2 Å². The van der Waals surface area contributed by atoms with Crippen molar-refractivity contribution in [1.29, 1.82) is 0 Å². The molecule has 1 aliphatic rings. The van der Waals surface area contributed by atoms with E-state index in [1.807, 2.05) is 24.0 Å². The number of Topliss-reactive ketones (excluding diaryl/α,β-unsaturated/α-hetero) is 1. The molecule has 1 fully saturated rings. The average Bonchev–Trinajstić information content (AvgIpc) is 3.22. The molecular formula is C21H22N2O5. The van der Waals surface area contributed by atoms with E-state index < -0.39 is 17.0 Å². The van der Waals surface area contributed by atoms with Crippen LogP contribution < -0.4 is 4.90 Å². The number of ether oxygens (including phenoxy) is 1. The molecule has 28 heavy (non-hydrogen) atoms. The van der Waals surface area contributed by atoms with Gasteiger partial charge < -0.3 is 9.64 Å². The fourth-order valence-electron chi connectivity index (χ4n) is 3.26. The summed E-state index contributed by atoms with van der Waals surface area (Å²) < 4.78 is 5.26. The Kier molecular flexibility index (Phi) is 5.73. The van der Waals surface area contributed by atoms with E-state index in [-0.39, 0.29) is 17.0 Å². The second kappa shape index (κ2) is 8.21. The van der Waals surface area contributed by atoms with E-state index in [1.165, 1.54) is 19.1 Å². The van der Waals surface area contributed by atoms with Gasteiger partial charge in [0, 0.05) is 24.7 Å². The molecule has 1 aliphatic heterocycles. The topological polar surface area (TPSA) is 89.8 Å². The maximum absolute atomic E-state index is 12.4. The zero-order valence-electron chi connectivity index (χ0n) is 15.9. The van der Waals surface area contributed by atoms with E-state index in [4.69, 9.17) is 4.74 Å².